The molecule has 0 spiro atoms. The molecule has 7 heteroatoms. The number of ether oxygens (including phenoxy) is 2. The third-order valence-corrected chi connectivity index (χ3v) is 5.42. The number of halogens is 1. The van der Waals surface area contributed by atoms with Gasteiger partial charge < -0.3 is 13.9 Å². The standard InChI is InChI=1S/C22H20ClNO5/c1-13-16-7-8-19-18(21(16)29-22(26)17(13)9-20(25)27-2)11-24(12-28-19)10-14-3-5-15(23)6-4-14/h3-8H,9-12H2,1-2H3. The lowest BCUT2D eigenvalue weighted by Crippen LogP contribution is -2.31. The van der Waals surface area contributed by atoms with E-state index in [1.165, 1.54) is 7.11 Å². The molecule has 2 aromatic carbocycles. The molecule has 0 radical (unpaired) electrons. The maximum Gasteiger partial charge on any atom is 0.340 e. The van der Waals surface area contributed by atoms with E-state index < -0.39 is 11.6 Å². The van der Waals surface area contributed by atoms with Crippen molar-refractivity contribution in [3.63, 3.8) is 0 Å². The van der Waals surface area contributed by atoms with Crippen LogP contribution in [0.4, 0.5) is 0 Å². The van der Waals surface area contributed by atoms with Gasteiger partial charge in [-0.05, 0) is 42.3 Å². The second-order valence-corrected chi connectivity index (χ2v) is 7.49. The molecule has 150 valence electrons. The zero-order valence-corrected chi connectivity index (χ0v) is 16.9. The Morgan fingerprint density at radius 3 is 2.69 bits per heavy atom. The highest BCUT2D eigenvalue weighted by Gasteiger charge is 2.24. The van der Waals surface area contributed by atoms with E-state index in [1.54, 1.807) is 0 Å². The van der Waals surface area contributed by atoms with E-state index >= 15 is 0 Å². The number of carbonyl (C=O) groups is 1. The Bertz CT molecular complexity index is 1140. The van der Waals surface area contributed by atoms with Gasteiger partial charge in [-0.25, -0.2) is 4.79 Å². The van der Waals surface area contributed by atoms with Gasteiger partial charge in [-0.1, -0.05) is 23.7 Å². The SMILES string of the molecule is COC(=O)Cc1c(C)c2ccc3c(c2oc1=O)CN(Cc1ccc(Cl)cc1)CO3. The van der Waals surface area contributed by atoms with Crippen LogP contribution in [0.15, 0.2) is 45.6 Å². The zero-order chi connectivity index (χ0) is 20.5. The number of esters is 1. The van der Waals surface area contributed by atoms with Crippen molar-refractivity contribution >= 4 is 28.5 Å². The third kappa shape index (κ3) is 3.86. The van der Waals surface area contributed by atoms with Crippen LogP contribution in [0.25, 0.3) is 11.0 Å². The van der Waals surface area contributed by atoms with Gasteiger partial charge in [-0.3, -0.25) is 9.69 Å². The first-order valence-electron chi connectivity index (χ1n) is 9.21. The minimum Gasteiger partial charge on any atom is -0.478 e. The molecule has 0 N–H and O–H groups in total. The molecule has 1 aliphatic rings. The fourth-order valence-corrected chi connectivity index (χ4v) is 3.70. The van der Waals surface area contributed by atoms with Gasteiger partial charge in [0.05, 0.1) is 24.7 Å². The van der Waals surface area contributed by atoms with Crippen molar-refractivity contribution < 1.29 is 18.7 Å². The zero-order valence-electron chi connectivity index (χ0n) is 16.2. The number of carbonyl (C=O) groups excluding carboxylic acids is 1. The summed E-state index contributed by atoms with van der Waals surface area (Å²) in [5.41, 5.74) is 2.95. The van der Waals surface area contributed by atoms with E-state index in [-0.39, 0.29) is 6.42 Å². The van der Waals surface area contributed by atoms with Gasteiger partial charge >= 0.3 is 11.6 Å². The Labute approximate surface area is 172 Å². The molecule has 0 aliphatic carbocycles. The van der Waals surface area contributed by atoms with Gasteiger partial charge in [0.1, 0.15) is 18.1 Å². The van der Waals surface area contributed by atoms with Crippen molar-refractivity contribution in [1.82, 2.24) is 4.90 Å². The molecule has 0 bridgehead atoms. The molecule has 0 atom stereocenters. The highest BCUT2D eigenvalue weighted by atomic mass is 35.5. The summed E-state index contributed by atoms with van der Waals surface area (Å²) in [6, 6.07) is 11.4. The maximum atomic E-state index is 12.6. The Morgan fingerprint density at radius 2 is 1.97 bits per heavy atom. The number of benzene rings is 2. The molecule has 1 aliphatic heterocycles. The van der Waals surface area contributed by atoms with Crippen LogP contribution in [-0.4, -0.2) is 24.7 Å². The fourth-order valence-electron chi connectivity index (χ4n) is 3.58. The van der Waals surface area contributed by atoms with Crippen LogP contribution in [0.2, 0.25) is 5.02 Å². The lowest BCUT2D eigenvalue weighted by Gasteiger charge is -2.29. The van der Waals surface area contributed by atoms with E-state index in [0.29, 0.717) is 41.7 Å². The molecular weight excluding hydrogens is 394 g/mol. The highest BCUT2D eigenvalue weighted by Crippen LogP contribution is 2.34. The van der Waals surface area contributed by atoms with Crippen molar-refractivity contribution in [3.05, 3.63) is 74.1 Å². The molecule has 3 aromatic rings. The van der Waals surface area contributed by atoms with Crippen molar-refractivity contribution in [2.75, 3.05) is 13.8 Å². The molecule has 0 fully saturated rings. The number of rotatable bonds is 4. The second kappa shape index (κ2) is 7.89. The smallest absolute Gasteiger partial charge is 0.340 e. The second-order valence-electron chi connectivity index (χ2n) is 7.05. The lowest BCUT2D eigenvalue weighted by atomic mass is 10.00. The average molecular weight is 414 g/mol. The summed E-state index contributed by atoms with van der Waals surface area (Å²) in [6.07, 6.45) is -0.114. The van der Waals surface area contributed by atoms with E-state index in [4.69, 9.17) is 25.5 Å². The topological polar surface area (TPSA) is 69.0 Å². The van der Waals surface area contributed by atoms with Crippen LogP contribution in [0, 0.1) is 6.92 Å². The summed E-state index contributed by atoms with van der Waals surface area (Å²) in [6.45, 7) is 3.51. The summed E-state index contributed by atoms with van der Waals surface area (Å²) in [5.74, 6) is 0.225. The van der Waals surface area contributed by atoms with Gasteiger partial charge in [-0.15, -0.1) is 0 Å². The molecule has 0 unspecified atom stereocenters. The Kier molecular flexibility index (Phi) is 5.30. The molecule has 2 heterocycles. The van der Waals surface area contributed by atoms with Crippen LogP contribution >= 0.6 is 11.6 Å². The maximum absolute atomic E-state index is 12.6. The van der Waals surface area contributed by atoms with Crippen molar-refractivity contribution in [2.24, 2.45) is 0 Å². The summed E-state index contributed by atoms with van der Waals surface area (Å²) >= 11 is 5.96. The Hall–Kier alpha value is -2.83. The van der Waals surface area contributed by atoms with Gasteiger partial charge in [0, 0.05) is 23.5 Å². The largest absolute Gasteiger partial charge is 0.478 e. The average Bonchev–Trinajstić information content (AvgIpc) is 2.72. The molecule has 1 aromatic heterocycles. The molecule has 0 amide bonds. The van der Waals surface area contributed by atoms with Crippen LogP contribution < -0.4 is 10.4 Å². The first kappa shape index (κ1) is 19.5. The van der Waals surface area contributed by atoms with Gasteiger partial charge in [0.2, 0.25) is 0 Å². The summed E-state index contributed by atoms with van der Waals surface area (Å²) < 4.78 is 16.2. The fraction of sp³-hybridized carbons (Fsp3) is 0.273. The quantitative estimate of drug-likeness (QED) is 0.478. The first-order chi connectivity index (χ1) is 14.0. The van der Waals surface area contributed by atoms with Gasteiger partial charge in [0.15, 0.2) is 0 Å². The Balaban J connectivity index is 1.70. The van der Waals surface area contributed by atoms with Crippen LogP contribution in [0.5, 0.6) is 5.75 Å². The number of aryl methyl sites for hydroxylation is 1. The minimum atomic E-state index is -0.524. The number of hydrogen-bond acceptors (Lipinski definition) is 6. The molecule has 0 saturated heterocycles. The summed E-state index contributed by atoms with van der Waals surface area (Å²) in [5, 5.41) is 1.49. The number of methoxy groups -OCH3 is 1. The van der Waals surface area contributed by atoms with Gasteiger partial charge in [0.25, 0.3) is 0 Å². The minimum absolute atomic E-state index is 0.114. The summed E-state index contributed by atoms with van der Waals surface area (Å²) in [7, 11) is 1.29. The number of fused-ring (bicyclic) bond motifs is 3. The number of hydrogen-bond donors (Lipinski definition) is 0. The van der Waals surface area contributed by atoms with Crippen LogP contribution in [0.1, 0.15) is 22.3 Å². The van der Waals surface area contributed by atoms with E-state index in [2.05, 4.69) is 4.90 Å². The number of nitrogens with zero attached hydrogens (tertiary/aromatic N) is 1. The molecular formula is C22H20ClNO5. The molecule has 6 nitrogen and oxygen atoms in total. The Morgan fingerprint density at radius 1 is 1.21 bits per heavy atom. The predicted octanol–water partition coefficient (Wildman–Crippen LogP) is 3.82. The third-order valence-electron chi connectivity index (χ3n) is 5.17. The van der Waals surface area contributed by atoms with E-state index in [0.717, 1.165) is 22.1 Å². The molecule has 4 rings (SSSR count). The predicted molar refractivity (Wildman–Crippen MR) is 109 cm³/mol. The lowest BCUT2D eigenvalue weighted by molar-refractivity contribution is -0.139. The van der Waals surface area contributed by atoms with Crippen molar-refractivity contribution in [1.29, 1.82) is 0 Å². The monoisotopic (exact) mass is 413 g/mol. The summed E-state index contributed by atoms with van der Waals surface area (Å²) in [4.78, 5) is 26.3. The highest BCUT2D eigenvalue weighted by molar-refractivity contribution is 6.30. The van der Waals surface area contributed by atoms with Crippen LogP contribution in [-0.2, 0) is 29.0 Å². The van der Waals surface area contributed by atoms with E-state index in [9.17, 15) is 9.59 Å². The van der Waals surface area contributed by atoms with Crippen molar-refractivity contribution in [3.8, 4) is 5.75 Å². The normalized spacial score (nSPS) is 13.8. The molecule has 29 heavy (non-hydrogen) atoms. The van der Waals surface area contributed by atoms with Crippen LogP contribution in [0.3, 0.4) is 0 Å². The molecule has 0 saturated carbocycles. The van der Waals surface area contributed by atoms with E-state index in [1.807, 2.05) is 43.3 Å². The first-order valence-corrected chi connectivity index (χ1v) is 9.58. The van der Waals surface area contributed by atoms with Crippen molar-refractivity contribution in [2.45, 2.75) is 26.4 Å². The van der Waals surface area contributed by atoms with Gasteiger partial charge in [-0.2, -0.15) is 0 Å².